The Kier molecular flexibility index (Phi) is 3.37. The number of hydrogen-bond acceptors (Lipinski definition) is 3. The van der Waals surface area contributed by atoms with Crippen LogP contribution in [0, 0.1) is 6.92 Å². The van der Waals surface area contributed by atoms with Gasteiger partial charge in [-0.25, -0.2) is 0 Å². The Labute approximate surface area is 106 Å². The van der Waals surface area contributed by atoms with Crippen molar-refractivity contribution in [3.8, 4) is 5.75 Å². The maximum Gasteiger partial charge on any atom is 0.250 e. The highest BCUT2D eigenvalue weighted by molar-refractivity contribution is 5.37. The molecule has 0 unspecified atom stereocenters. The van der Waals surface area contributed by atoms with Gasteiger partial charge in [0.05, 0.1) is 13.7 Å². The van der Waals surface area contributed by atoms with Crippen LogP contribution in [0.4, 0.5) is 5.69 Å². The fourth-order valence-corrected chi connectivity index (χ4v) is 1.91. The van der Waals surface area contributed by atoms with Gasteiger partial charge in [-0.1, -0.05) is 12.1 Å². The standard InChI is InChI=1S/C14H16N2O2/c1-10-7-11(3-5-13(10)18-2)8-16-9-12(15)4-6-14(16)17/h3-7,9H,8,15H2,1-2H3. The average molecular weight is 244 g/mol. The number of rotatable bonds is 3. The van der Waals surface area contributed by atoms with Crippen molar-refractivity contribution in [3.05, 3.63) is 58.0 Å². The Morgan fingerprint density at radius 2 is 2.06 bits per heavy atom. The average Bonchev–Trinajstić information content (AvgIpc) is 2.34. The molecule has 2 rings (SSSR count). The third-order valence-electron chi connectivity index (χ3n) is 2.82. The number of ether oxygens (including phenoxy) is 1. The van der Waals surface area contributed by atoms with Gasteiger partial charge in [0, 0.05) is 18.0 Å². The number of aromatic nitrogens is 1. The Morgan fingerprint density at radius 1 is 1.28 bits per heavy atom. The van der Waals surface area contributed by atoms with Crippen LogP contribution in [0.25, 0.3) is 0 Å². The minimum Gasteiger partial charge on any atom is -0.496 e. The van der Waals surface area contributed by atoms with Crippen molar-refractivity contribution in [3.63, 3.8) is 0 Å². The van der Waals surface area contributed by atoms with E-state index in [2.05, 4.69) is 0 Å². The molecule has 1 aromatic heterocycles. The minimum atomic E-state index is -0.0577. The smallest absolute Gasteiger partial charge is 0.250 e. The predicted octanol–water partition coefficient (Wildman–Crippen LogP) is 1.80. The Morgan fingerprint density at radius 3 is 2.72 bits per heavy atom. The second-order valence-corrected chi connectivity index (χ2v) is 4.23. The monoisotopic (exact) mass is 244 g/mol. The summed E-state index contributed by atoms with van der Waals surface area (Å²) in [5.74, 6) is 0.846. The summed E-state index contributed by atoms with van der Waals surface area (Å²) in [5.41, 5.74) is 8.29. The van der Waals surface area contributed by atoms with Gasteiger partial charge in [0.1, 0.15) is 5.75 Å². The van der Waals surface area contributed by atoms with Gasteiger partial charge in [-0.2, -0.15) is 0 Å². The number of anilines is 1. The SMILES string of the molecule is COc1ccc(Cn2cc(N)ccc2=O)cc1C. The second kappa shape index (κ2) is 4.96. The maximum absolute atomic E-state index is 11.7. The molecule has 0 aliphatic rings. The Bertz CT molecular complexity index is 617. The first-order valence-electron chi connectivity index (χ1n) is 5.69. The lowest BCUT2D eigenvalue weighted by atomic mass is 10.1. The fourth-order valence-electron chi connectivity index (χ4n) is 1.91. The summed E-state index contributed by atoms with van der Waals surface area (Å²) < 4.78 is 6.80. The molecule has 0 atom stereocenters. The lowest BCUT2D eigenvalue weighted by molar-refractivity contribution is 0.411. The molecule has 1 heterocycles. The molecule has 0 aliphatic carbocycles. The fraction of sp³-hybridized carbons (Fsp3) is 0.214. The number of hydrogen-bond donors (Lipinski definition) is 1. The zero-order valence-corrected chi connectivity index (χ0v) is 10.5. The molecule has 0 amide bonds. The van der Waals surface area contributed by atoms with Gasteiger partial charge in [0.25, 0.3) is 5.56 Å². The molecule has 18 heavy (non-hydrogen) atoms. The summed E-state index contributed by atoms with van der Waals surface area (Å²) in [6.07, 6.45) is 1.65. The summed E-state index contributed by atoms with van der Waals surface area (Å²) in [7, 11) is 1.64. The van der Waals surface area contributed by atoms with Crippen molar-refractivity contribution in [2.75, 3.05) is 12.8 Å². The van der Waals surface area contributed by atoms with Crippen LogP contribution in [0.5, 0.6) is 5.75 Å². The quantitative estimate of drug-likeness (QED) is 0.895. The molecule has 0 saturated heterocycles. The zero-order valence-electron chi connectivity index (χ0n) is 10.5. The highest BCUT2D eigenvalue weighted by atomic mass is 16.5. The number of nitrogens with two attached hydrogens (primary N) is 1. The first-order valence-corrected chi connectivity index (χ1v) is 5.69. The highest BCUT2D eigenvalue weighted by Gasteiger charge is 2.02. The normalized spacial score (nSPS) is 10.3. The molecule has 2 N–H and O–H groups in total. The van der Waals surface area contributed by atoms with E-state index in [0.717, 1.165) is 16.9 Å². The van der Waals surface area contributed by atoms with Crippen molar-refractivity contribution in [2.24, 2.45) is 0 Å². The van der Waals surface area contributed by atoms with E-state index in [1.54, 1.807) is 23.9 Å². The molecule has 1 aromatic carbocycles. The first-order chi connectivity index (χ1) is 8.60. The van der Waals surface area contributed by atoms with Gasteiger partial charge in [-0.15, -0.1) is 0 Å². The van der Waals surface area contributed by atoms with Gasteiger partial charge in [-0.05, 0) is 30.2 Å². The van der Waals surface area contributed by atoms with Gasteiger partial charge < -0.3 is 15.0 Å². The van der Waals surface area contributed by atoms with Gasteiger partial charge in [0.2, 0.25) is 0 Å². The molecule has 0 radical (unpaired) electrons. The number of nitrogens with zero attached hydrogens (tertiary/aromatic N) is 1. The van der Waals surface area contributed by atoms with Crippen molar-refractivity contribution >= 4 is 5.69 Å². The lowest BCUT2D eigenvalue weighted by Gasteiger charge is -2.09. The second-order valence-electron chi connectivity index (χ2n) is 4.23. The summed E-state index contributed by atoms with van der Waals surface area (Å²) in [4.78, 5) is 11.7. The number of methoxy groups -OCH3 is 1. The van der Waals surface area contributed by atoms with Crippen LogP contribution in [0.3, 0.4) is 0 Å². The minimum absolute atomic E-state index is 0.0577. The third-order valence-corrected chi connectivity index (χ3v) is 2.82. The van der Waals surface area contributed by atoms with E-state index >= 15 is 0 Å². The lowest BCUT2D eigenvalue weighted by Crippen LogP contribution is -2.19. The predicted molar refractivity (Wildman–Crippen MR) is 71.9 cm³/mol. The molecule has 0 bridgehead atoms. The van der Waals surface area contributed by atoms with Crippen LogP contribution in [0.2, 0.25) is 0 Å². The van der Waals surface area contributed by atoms with Crippen LogP contribution >= 0.6 is 0 Å². The summed E-state index contributed by atoms with van der Waals surface area (Å²) in [5, 5.41) is 0. The van der Waals surface area contributed by atoms with Gasteiger partial charge >= 0.3 is 0 Å². The van der Waals surface area contributed by atoms with Crippen LogP contribution in [-0.2, 0) is 6.54 Å². The van der Waals surface area contributed by atoms with E-state index in [1.165, 1.54) is 6.07 Å². The number of nitrogen functional groups attached to an aromatic ring is 1. The Hall–Kier alpha value is -2.23. The van der Waals surface area contributed by atoms with Gasteiger partial charge in [0.15, 0.2) is 0 Å². The first kappa shape index (κ1) is 12.2. The van der Waals surface area contributed by atoms with Crippen molar-refractivity contribution < 1.29 is 4.74 Å². The van der Waals surface area contributed by atoms with Crippen LogP contribution in [0.15, 0.2) is 41.3 Å². The molecular formula is C14H16N2O2. The highest BCUT2D eigenvalue weighted by Crippen LogP contribution is 2.18. The largest absolute Gasteiger partial charge is 0.496 e. The molecule has 2 aromatic rings. The molecule has 0 fully saturated rings. The molecule has 0 saturated carbocycles. The molecule has 4 nitrogen and oxygen atoms in total. The number of aryl methyl sites for hydroxylation is 1. The topological polar surface area (TPSA) is 57.2 Å². The van der Waals surface area contributed by atoms with Crippen molar-refractivity contribution in [2.45, 2.75) is 13.5 Å². The van der Waals surface area contributed by atoms with Crippen LogP contribution in [-0.4, -0.2) is 11.7 Å². The number of pyridine rings is 1. The van der Waals surface area contributed by atoms with E-state index in [4.69, 9.17) is 10.5 Å². The van der Waals surface area contributed by atoms with E-state index in [-0.39, 0.29) is 5.56 Å². The summed E-state index contributed by atoms with van der Waals surface area (Å²) in [6, 6.07) is 8.95. The molecule has 0 aliphatic heterocycles. The zero-order chi connectivity index (χ0) is 13.1. The van der Waals surface area contributed by atoms with Crippen molar-refractivity contribution in [1.82, 2.24) is 4.57 Å². The van der Waals surface area contributed by atoms with Crippen molar-refractivity contribution in [1.29, 1.82) is 0 Å². The van der Waals surface area contributed by atoms with E-state index in [0.29, 0.717) is 12.2 Å². The molecular weight excluding hydrogens is 228 g/mol. The van der Waals surface area contributed by atoms with Crippen LogP contribution in [0.1, 0.15) is 11.1 Å². The molecule has 0 spiro atoms. The molecule has 4 heteroatoms. The summed E-state index contributed by atoms with van der Waals surface area (Å²) >= 11 is 0. The van der Waals surface area contributed by atoms with Crippen LogP contribution < -0.4 is 16.0 Å². The maximum atomic E-state index is 11.7. The van der Waals surface area contributed by atoms with E-state index in [9.17, 15) is 4.79 Å². The van der Waals surface area contributed by atoms with E-state index in [1.807, 2.05) is 25.1 Å². The van der Waals surface area contributed by atoms with Gasteiger partial charge in [-0.3, -0.25) is 4.79 Å². The third kappa shape index (κ3) is 2.53. The van der Waals surface area contributed by atoms with E-state index < -0.39 is 0 Å². The number of benzene rings is 1. The summed E-state index contributed by atoms with van der Waals surface area (Å²) in [6.45, 7) is 2.49. The molecule has 94 valence electrons. The Balaban J connectivity index is 2.31.